The summed E-state index contributed by atoms with van der Waals surface area (Å²) >= 11 is 3.51. The molecule has 1 N–H and O–H groups in total. The number of carbonyl (C=O) groups is 1. The second-order valence-electron chi connectivity index (χ2n) is 6.16. The number of nitrogens with zero attached hydrogens (tertiary/aromatic N) is 2. The highest BCUT2D eigenvalue weighted by Gasteiger charge is 2.31. The lowest BCUT2D eigenvalue weighted by Gasteiger charge is -2.27. The van der Waals surface area contributed by atoms with E-state index in [0.29, 0.717) is 17.1 Å². The Morgan fingerprint density at radius 2 is 1.81 bits per heavy atom. The molecule has 0 bridgehead atoms. The maximum atomic E-state index is 12.2. The Labute approximate surface area is 160 Å². The van der Waals surface area contributed by atoms with E-state index in [9.17, 15) is 9.90 Å². The Balaban J connectivity index is 2.13. The second kappa shape index (κ2) is 7.33. The van der Waals surface area contributed by atoms with Gasteiger partial charge in [0.1, 0.15) is 11.4 Å². The molecular formula is C20H19BrN2O3. The van der Waals surface area contributed by atoms with Crippen LogP contribution in [0.1, 0.15) is 29.8 Å². The van der Waals surface area contributed by atoms with Gasteiger partial charge in [0.25, 0.3) is 0 Å². The summed E-state index contributed by atoms with van der Waals surface area (Å²) in [5, 5.41) is 14.0. The molecule has 3 aromatic rings. The number of aromatic nitrogens is 1. The normalized spacial score (nSPS) is 12.0. The first-order chi connectivity index (χ1) is 12.4. The fourth-order valence-corrected chi connectivity index (χ4v) is 3.57. The molecule has 0 radical (unpaired) electrons. The lowest BCUT2D eigenvalue weighted by Crippen LogP contribution is -2.33. The molecule has 0 aliphatic carbocycles. The van der Waals surface area contributed by atoms with E-state index in [-0.39, 0.29) is 0 Å². The molecule has 3 rings (SSSR count). The molecule has 6 heteroatoms. The number of aryl methyl sites for hydroxylation is 2. The summed E-state index contributed by atoms with van der Waals surface area (Å²) in [6.45, 7) is 5.59. The van der Waals surface area contributed by atoms with E-state index in [1.807, 2.05) is 62.4 Å². The molecule has 0 spiro atoms. The second-order valence-corrected chi connectivity index (χ2v) is 7.02. The van der Waals surface area contributed by atoms with Gasteiger partial charge in [0.05, 0.1) is 6.04 Å². The zero-order valence-corrected chi connectivity index (χ0v) is 16.3. The monoisotopic (exact) mass is 414 g/mol. The topological polar surface area (TPSA) is 66.6 Å². The van der Waals surface area contributed by atoms with Gasteiger partial charge in [-0.2, -0.15) is 0 Å². The van der Waals surface area contributed by atoms with Gasteiger partial charge in [0.15, 0.2) is 5.76 Å². The van der Waals surface area contributed by atoms with Crippen LogP contribution in [0.4, 0.5) is 10.5 Å². The molecule has 5 nitrogen and oxygen atoms in total. The van der Waals surface area contributed by atoms with Crippen molar-refractivity contribution in [1.29, 1.82) is 0 Å². The number of amides is 1. The van der Waals surface area contributed by atoms with E-state index in [2.05, 4.69) is 21.1 Å². The van der Waals surface area contributed by atoms with Crippen LogP contribution in [-0.4, -0.2) is 16.4 Å². The van der Waals surface area contributed by atoms with Crippen molar-refractivity contribution in [3.8, 4) is 11.3 Å². The van der Waals surface area contributed by atoms with Crippen molar-refractivity contribution in [3.63, 3.8) is 0 Å². The minimum absolute atomic E-state index is 0.426. The minimum atomic E-state index is -1.06. The van der Waals surface area contributed by atoms with Crippen LogP contribution >= 0.6 is 15.9 Å². The molecule has 0 aliphatic heterocycles. The summed E-state index contributed by atoms with van der Waals surface area (Å²) in [7, 11) is 0. The quantitative estimate of drug-likeness (QED) is 0.571. The first-order valence-corrected chi connectivity index (χ1v) is 8.99. The summed E-state index contributed by atoms with van der Waals surface area (Å²) in [5.74, 6) is 0.448. The zero-order chi connectivity index (χ0) is 18.8. The van der Waals surface area contributed by atoms with Crippen LogP contribution in [0.5, 0.6) is 0 Å². The molecule has 1 amide bonds. The van der Waals surface area contributed by atoms with Gasteiger partial charge in [-0.25, -0.2) is 4.79 Å². The summed E-state index contributed by atoms with van der Waals surface area (Å²) < 4.78 is 6.35. The average molecular weight is 415 g/mol. The van der Waals surface area contributed by atoms with Gasteiger partial charge >= 0.3 is 6.09 Å². The average Bonchev–Trinajstić information content (AvgIpc) is 2.97. The minimum Gasteiger partial charge on any atom is -0.465 e. The van der Waals surface area contributed by atoms with Crippen molar-refractivity contribution < 1.29 is 14.4 Å². The Morgan fingerprint density at radius 3 is 2.42 bits per heavy atom. The molecular weight excluding hydrogens is 396 g/mol. The van der Waals surface area contributed by atoms with E-state index >= 15 is 0 Å². The number of rotatable bonds is 4. The molecule has 1 atom stereocenters. The van der Waals surface area contributed by atoms with Crippen LogP contribution in [0.2, 0.25) is 0 Å². The summed E-state index contributed by atoms with van der Waals surface area (Å²) in [6, 6.07) is 14.9. The summed E-state index contributed by atoms with van der Waals surface area (Å²) in [6.07, 6.45) is -1.06. The lowest BCUT2D eigenvalue weighted by atomic mass is 10.0. The Kier molecular flexibility index (Phi) is 5.13. The standard InChI is InChI=1S/C20H19BrN2O3/c1-12-8-10-15(11-9-12)19-18(13(2)22-26-19)23(20(24)25)14(3)16-6-4-5-7-17(16)21/h4-11,14H,1-3H3,(H,24,25)/t14-/m1/s1. The van der Waals surface area contributed by atoms with Crippen molar-refractivity contribution >= 4 is 27.7 Å². The molecule has 0 fully saturated rings. The lowest BCUT2D eigenvalue weighted by molar-refractivity contribution is 0.199. The Hall–Kier alpha value is -2.60. The van der Waals surface area contributed by atoms with E-state index in [1.54, 1.807) is 6.92 Å². The molecule has 0 saturated heterocycles. The number of carboxylic acid groups (broad SMARTS) is 1. The van der Waals surface area contributed by atoms with E-state index in [0.717, 1.165) is 21.2 Å². The molecule has 0 saturated carbocycles. The van der Waals surface area contributed by atoms with Gasteiger partial charge in [-0.05, 0) is 32.4 Å². The molecule has 1 aromatic heterocycles. The van der Waals surface area contributed by atoms with E-state index in [4.69, 9.17) is 4.52 Å². The molecule has 1 heterocycles. The maximum absolute atomic E-state index is 12.2. The smallest absolute Gasteiger partial charge is 0.412 e. The zero-order valence-electron chi connectivity index (χ0n) is 14.7. The van der Waals surface area contributed by atoms with Gasteiger partial charge < -0.3 is 9.63 Å². The van der Waals surface area contributed by atoms with Crippen LogP contribution in [0, 0.1) is 13.8 Å². The van der Waals surface area contributed by atoms with Crippen LogP contribution in [-0.2, 0) is 0 Å². The third kappa shape index (κ3) is 3.37. The van der Waals surface area contributed by atoms with Gasteiger partial charge in [0, 0.05) is 10.0 Å². The number of hydrogen-bond acceptors (Lipinski definition) is 3. The third-order valence-electron chi connectivity index (χ3n) is 4.33. The van der Waals surface area contributed by atoms with Crippen molar-refractivity contribution in [2.24, 2.45) is 0 Å². The molecule has 0 aliphatic rings. The Bertz CT molecular complexity index is 934. The van der Waals surface area contributed by atoms with Gasteiger partial charge in [-0.1, -0.05) is 69.1 Å². The van der Waals surface area contributed by atoms with E-state index in [1.165, 1.54) is 4.90 Å². The number of hydrogen-bond donors (Lipinski definition) is 1. The number of benzene rings is 2. The van der Waals surface area contributed by atoms with Crippen molar-refractivity contribution in [2.45, 2.75) is 26.8 Å². The fraction of sp³-hybridized carbons (Fsp3) is 0.200. The van der Waals surface area contributed by atoms with Crippen molar-refractivity contribution in [3.05, 3.63) is 69.8 Å². The van der Waals surface area contributed by atoms with Gasteiger partial charge in [-0.3, -0.25) is 4.90 Å². The SMILES string of the molecule is Cc1ccc(-c2onc(C)c2N(C(=O)O)[C@H](C)c2ccccc2Br)cc1. The third-order valence-corrected chi connectivity index (χ3v) is 5.06. The molecule has 0 unspecified atom stereocenters. The fourth-order valence-electron chi connectivity index (χ4n) is 2.95. The first-order valence-electron chi connectivity index (χ1n) is 8.20. The van der Waals surface area contributed by atoms with E-state index < -0.39 is 12.1 Å². The summed E-state index contributed by atoms with van der Waals surface area (Å²) in [4.78, 5) is 13.5. The summed E-state index contributed by atoms with van der Waals surface area (Å²) in [5.41, 5.74) is 3.76. The van der Waals surface area contributed by atoms with Crippen LogP contribution in [0.15, 0.2) is 57.5 Å². The highest BCUT2D eigenvalue weighted by atomic mass is 79.9. The highest BCUT2D eigenvalue weighted by Crippen LogP contribution is 2.39. The predicted octanol–water partition coefficient (Wildman–Crippen LogP) is 5.97. The van der Waals surface area contributed by atoms with Crippen LogP contribution < -0.4 is 4.90 Å². The van der Waals surface area contributed by atoms with Crippen molar-refractivity contribution in [2.75, 3.05) is 4.90 Å². The number of halogens is 1. The maximum Gasteiger partial charge on any atom is 0.412 e. The highest BCUT2D eigenvalue weighted by molar-refractivity contribution is 9.10. The number of anilines is 1. The van der Waals surface area contributed by atoms with Crippen molar-refractivity contribution in [1.82, 2.24) is 5.16 Å². The molecule has 26 heavy (non-hydrogen) atoms. The first kappa shape index (κ1) is 18.2. The van der Waals surface area contributed by atoms with Crippen LogP contribution in [0.3, 0.4) is 0 Å². The largest absolute Gasteiger partial charge is 0.465 e. The predicted molar refractivity (Wildman–Crippen MR) is 104 cm³/mol. The van der Waals surface area contributed by atoms with Gasteiger partial charge in [-0.15, -0.1) is 0 Å². The molecule has 134 valence electrons. The Morgan fingerprint density at radius 1 is 1.15 bits per heavy atom. The van der Waals surface area contributed by atoms with Gasteiger partial charge in [0.2, 0.25) is 0 Å². The molecule has 2 aromatic carbocycles. The van der Waals surface area contributed by atoms with Crippen LogP contribution in [0.25, 0.3) is 11.3 Å².